The molecule has 0 aliphatic heterocycles. The van der Waals surface area contributed by atoms with Gasteiger partial charge in [-0.2, -0.15) is 0 Å². The predicted molar refractivity (Wildman–Crippen MR) is 126 cm³/mol. The van der Waals surface area contributed by atoms with Gasteiger partial charge in [0.2, 0.25) is 0 Å². The molecular formula is C24H47Br. The highest BCUT2D eigenvalue weighted by Crippen LogP contribution is 2.29. The van der Waals surface area contributed by atoms with Crippen molar-refractivity contribution in [3.05, 3.63) is 23.8 Å². The fourth-order valence-corrected chi connectivity index (χ4v) is 1.86. The molecule has 0 bridgehead atoms. The van der Waals surface area contributed by atoms with Crippen molar-refractivity contribution in [2.45, 2.75) is 102 Å². The van der Waals surface area contributed by atoms with Crippen LogP contribution >= 0.6 is 15.9 Å². The molecule has 0 spiro atoms. The van der Waals surface area contributed by atoms with Gasteiger partial charge in [0, 0.05) is 5.33 Å². The number of terminal acetylenes is 1. The monoisotopic (exact) mass is 414 g/mol. The van der Waals surface area contributed by atoms with Crippen LogP contribution in [-0.4, -0.2) is 5.33 Å². The van der Waals surface area contributed by atoms with E-state index in [1.165, 1.54) is 24.0 Å². The first-order valence-corrected chi connectivity index (χ1v) is 10.7. The summed E-state index contributed by atoms with van der Waals surface area (Å²) in [5, 5.41) is 1.01. The summed E-state index contributed by atoms with van der Waals surface area (Å²) in [7, 11) is 0. The van der Waals surface area contributed by atoms with Crippen molar-refractivity contribution in [1.29, 1.82) is 0 Å². The molecule has 0 rings (SSSR count). The summed E-state index contributed by atoms with van der Waals surface area (Å²) in [5.74, 6) is 2.25. The van der Waals surface area contributed by atoms with Crippen LogP contribution in [0.25, 0.3) is 0 Å². The maximum Gasteiger partial charge on any atom is 0.0242 e. The van der Waals surface area contributed by atoms with Crippen LogP contribution in [-0.2, 0) is 0 Å². The zero-order valence-corrected chi connectivity index (χ0v) is 20.9. The Morgan fingerprint density at radius 2 is 1.48 bits per heavy atom. The third-order valence-corrected chi connectivity index (χ3v) is 3.56. The highest BCUT2D eigenvalue weighted by Gasteiger charge is 2.16. The molecule has 0 N–H and O–H groups in total. The molecule has 0 radical (unpaired) electrons. The van der Waals surface area contributed by atoms with E-state index in [2.05, 4.69) is 96.3 Å². The van der Waals surface area contributed by atoms with Crippen LogP contribution in [0.5, 0.6) is 0 Å². The second-order valence-electron chi connectivity index (χ2n) is 8.48. The van der Waals surface area contributed by atoms with E-state index in [9.17, 15) is 0 Å². The Kier molecular flexibility index (Phi) is 25.6. The largest absolute Gasteiger partial charge is 0.120 e. The zero-order chi connectivity index (χ0) is 21.1. The first kappa shape index (κ1) is 32.2. The average Bonchev–Trinajstić information content (AvgIpc) is 2.47. The lowest BCUT2D eigenvalue weighted by atomic mass is 9.83. The van der Waals surface area contributed by atoms with E-state index in [1.54, 1.807) is 6.92 Å². The number of halogens is 1. The molecule has 0 atom stereocenters. The molecule has 25 heavy (non-hydrogen) atoms. The van der Waals surface area contributed by atoms with Gasteiger partial charge in [-0.15, -0.1) is 18.9 Å². The Balaban J connectivity index is -0.000000182. The quantitative estimate of drug-likeness (QED) is 0.221. The van der Waals surface area contributed by atoms with E-state index in [1.807, 2.05) is 13.8 Å². The smallest absolute Gasteiger partial charge is 0.0242 e. The molecule has 1 heteroatoms. The number of hydrogen-bond acceptors (Lipinski definition) is 0. The second kappa shape index (κ2) is 19.8. The Hall–Kier alpha value is -0.480. The standard InChI is InChI=1S/C14H25Br.C5H12.C3H4.C2H6/c1-6-14(4,5)10-13(11-15)9-7-8-12(2)3;1-5(2,3)4;1-3-2;1-2/h9H,2,6-8,10-11H2,1,3-5H3;1-4H3;1H,2H3;1-2H3/b13-9-;;;. The number of rotatable bonds is 7. The number of hydrogen-bond donors (Lipinski definition) is 0. The molecule has 0 saturated heterocycles. The molecule has 0 fully saturated rings. The van der Waals surface area contributed by atoms with Crippen LogP contribution in [0.15, 0.2) is 23.8 Å². The van der Waals surface area contributed by atoms with E-state index >= 15 is 0 Å². The fourth-order valence-electron chi connectivity index (χ4n) is 1.44. The molecule has 0 amide bonds. The lowest BCUT2D eigenvalue weighted by Crippen LogP contribution is -2.11. The van der Waals surface area contributed by atoms with Gasteiger partial charge < -0.3 is 0 Å². The highest BCUT2D eigenvalue weighted by molar-refractivity contribution is 9.09. The third kappa shape index (κ3) is 45.2. The summed E-state index contributed by atoms with van der Waals surface area (Å²) in [4.78, 5) is 0. The minimum atomic E-state index is 0.433. The van der Waals surface area contributed by atoms with Gasteiger partial charge in [-0.05, 0) is 43.9 Å². The highest BCUT2D eigenvalue weighted by atomic mass is 79.9. The topological polar surface area (TPSA) is 0 Å². The van der Waals surface area contributed by atoms with Gasteiger partial charge in [0.15, 0.2) is 0 Å². The number of allylic oxidation sites excluding steroid dienone is 3. The molecule has 0 saturated carbocycles. The van der Waals surface area contributed by atoms with Crippen molar-refractivity contribution in [2.24, 2.45) is 10.8 Å². The van der Waals surface area contributed by atoms with Crippen molar-refractivity contribution in [3.8, 4) is 12.3 Å². The average molecular weight is 416 g/mol. The van der Waals surface area contributed by atoms with Crippen LogP contribution in [0.3, 0.4) is 0 Å². The van der Waals surface area contributed by atoms with Gasteiger partial charge in [-0.1, -0.05) is 102 Å². The van der Waals surface area contributed by atoms with Crippen LogP contribution in [0.1, 0.15) is 102 Å². The zero-order valence-electron chi connectivity index (χ0n) is 19.3. The fraction of sp³-hybridized carbons (Fsp3) is 0.750. The first-order chi connectivity index (χ1) is 11.3. The maximum absolute atomic E-state index is 4.60. The van der Waals surface area contributed by atoms with E-state index in [0.717, 1.165) is 18.2 Å². The molecule has 0 aliphatic rings. The van der Waals surface area contributed by atoms with Crippen LogP contribution in [0.2, 0.25) is 0 Å². The summed E-state index contributed by atoms with van der Waals surface area (Å²) >= 11 is 3.57. The van der Waals surface area contributed by atoms with Gasteiger partial charge >= 0.3 is 0 Å². The first-order valence-electron chi connectivity index (χ1n) is 9.58. The van der Waals surface area contributed by atoms with Gasteiger partial charge in [0.05, 0.1) is 0 Å². The van der Waals surface area contributed by atoms with Crippen LogP contribution in [0, 0.1) is 23.2 Å². The number of alkyl halides is 1. The van der Waals surface area contributed by atoms with Crippen molar-refractivity contribution < 1.29 is 0 Å². The van der Waals surface area contributed by atoms with Crippen molar-refractivity contribution in [1.82, 2.24) is 0 Å². The Morgan fingerprint density at radius 3 is 1.72 bits per heavy atom. The van der Waals surface area contributed by atoms with Gasteiger partial charge in [-0.3, -0.25) is 0 Å². The van der Waals surface area contributed by atoms with Gasteiger partial charge in [-0.25, -0.2) is 0 Å². The summed E-state index contributed by atoms with van der Waals surface area (Å²) in [6.07, 6.45) is 11.7. The SMILES string of the molecule is C#CC.C=C(C)CC/C=C(\CBr)CC(C)(C)CC.CC.CC(C)(C)C. The minimum absolute atomic E-state index is 0.433. The molecule has 0 aromatic carbocycles. The molecule has 0 nitrogen and oxygen atoms in total. The predicted octanol–water partition coefficient (Wildman–Crippen LogP) is 9.21. The van der Waals surface area contributed by atoms with Crippen molar-refractivity contribution in [2.75, 3.05) is 5.33 Å². The lowest BCUT2D eigenvalue weighted by molar-refractivity contribution is 0.348. The summed E-state index contributed by atoms with van der Waals surface area (Å²) < 4.78 is 0. The van der Waals surface area contributed by atoms with E-state index in [4.69, 9.17) is 0 Å². The van der Waals surface area contributed by atoms with Crippen LogP contribution < -0.4 is 0 Å². The Bertz CT molecular complexity index is 353. The van der Waals surface area contributed by atoms with Crippen LogP contribution in [0.4, 0.5) is 0 Å². The second-order valence-corrected chi connectivity index (χ2v) is 9.04. The van der Waals surface area contributed by atoms with E-state index < -0.39 is 0 Å². The van der Waals surface area contributed by atoms with Crippen molar-refractivity contribution >= 4 is 15.9 Å². The Morgan fingerprint density at radius 1 is 1.12 bits per heavy atom. The maximum atomic E-state index is 4.60. The molecular weight excluding hydrogens is 368 g/mol. The molecule has 0 heterocycles. The van der Waals surface area contributed by atoms with Gasteiger partial charge in [0.1, 0.15) is 0 Å². The Labute approximate surface area is 170 Å². The molecule has 0 aromatic rings. The summed E-state index contributed by atoms with van der Waals surface area (Å²) in [6, 6.07) is 0. The normalized spacial score (nSPS) is 10.8. The van der Waals surface area contributed by atoms with Gasteiger partial charge in [0.25, 0.3) is 0 Å². The third-order valence-electron chi connectivity index (χ3n) is 2.84. The summed E-state index contributed by atoms with van der Waals surface area (Å²) in [6.45, 7) is 27.4. The lowest BCUT2D eigenvalue weighted by Gasteiger charge is -2.23. The van der Waals surface area contributed by atoms with E-state index in [-0.39, 0.29) is 0 Å². The summed E-state index contributed by atoms with van der Waals surface area (Å²) in [5.41, 5.74) is 3.74. The van der Waals surface area contributed by atoms with Crippen molar-refractivity contribution in [3.63, 3.8) is 0 Å². The molecule has 0 aliphatic carbocycles. The molecule has 0 aromatic heterocycles. The van der Waals surface area contributed by atoms with E-state index in [0.29, 0.717) is 10.8 Å². The molecule has 0 unspecified atom stereocenters. The molecule has 150 valence electrons. The minimum Gasteiger partial charge on any atom is -0.120 e.